The number of ether oxygens (including phenoxy) is 1. The molecule has 0 radical (unpaired) electrons. The smallest absolute Gasteiger partial charge is 0.0900 e. The normalized spacial score (nSPS) is 13.6. The highest BCUT2D eigenvalue weighted by molar-refractivity contribution is 7.11. The SMILES string of the molecule is Cc1ccc(CN(CCC(C)C)CC(O)COC(C)C)s1. The van der Waals surface area contributed by atoms with E-state index in [4.69, 9.17) is 4.74 Å². The molecule has 0 saturated carbocycles. The second kappa shape index (κ2) is 9.57. The Labute approximate surface area is 133 Å². The van der Waals surface area contributed by atoms with Gasteiger partial charge in [0.1, 0.15) is 0 Å². The highest BCUT2D eigenvalue weighted by Gasteiger charge is 2.14. The molecule has 122 valence electrons. The molecule has 4 heteroatoms. The van der Waals surface area contributed by atoms with Crippen molar-refractivity contribution in [1.82, 2.24) is 4.90 Å². The summed E-state index contributed by atoms with van der Waals surface area (Å²) in [7, 11) is 0. The van der Waals surface area contributed by atoms with Crippen LogP contribution in [0.5, 0.6) is 0 Å². The summed E-state index contributed by atoms with van der Waals surface area (Å²) in [5.41, 5.74) is 0. The van der Waals surface area contributed by atoms with Crippen molar-refractivity contribution in [2.75, 3.05) is 19.7 Å². The summed E-state index contributed by atoms with van der Waals surface area (Å²) in [6.45, 7) is 13.7. The van der Waals surface area contributed by atoms with Crippen LogP contribution in [0.2, 0.25) is 0 Å². The van der Waals surface area contributed by atoms with Gasteiger partial charge in [0.2, 0.25) is 0 Å². The summed E-state index contributed by atoms with van der Waals surface area (Å²) >= 11 is 1.84. The fourth-order valence-corrected chi connectivity index (χ4v) is 3.05. The summed E-state index contributed by atoms with van der Waals surface area (Å²) in [6.07, 6.45) is 0.909. The van der Waals surface area contributed by atoms with E-state index in [1.54, 1.807) is 0 Å². The molecule has 1 aromatic rings. The zero-order valence-electron chi connectivity index (χ0n) is 14.1. The molecule has 1 atom stereocenters. The monoisotopic (exact) mass is 313 g/mol. The van der Waals surface area contributed by atoms with Crippen molar-refractivity contribution in [2.24, 2.45) is 5.92 Å². The van der Waals surface area contributed by atoms with Gasteiger partial charge in [0.15, 0.2) is 0 Å². The highest BCUT2D eigenvalue weighted by Crippen LogP contribution is 2.18. The molecule has 1 heterocycles. The van der Waals surface area contributed by atoms with Crippen molar-refractivity contribution in [3.05, 3.63) is 21.9 Å². The third-order valence-corrected chi connectivity index (χ3v) is 4.27. The van der Waals surface area contributed by atoms with E-state index in [2.05, 4.69) is 37.8 Å². The van der Waals surface area contributed by atoms with Crippen molar-refractivity contribution in [3.63, 3.8) is 0 Å². The maximum absolute atomic E-state index is 10.2. The molecule has 1 N–H and O–H groups in total. The highest BCUT2D eigenvalue weighted by atomic mass is 32.1. The zero-order valence-corrected chi connectivity index (χ0v) is 14.9. The Morgan fingerprint density at radius 3 is 2.48 bits per heavy atom. The van der Waals surface area contributed by atoms with Crippen LogP contribution in [0.3, 0.4) is 0 Å². The zero-order chi connectivity index (χ0) is 15.8. The van der Waals surface area contributed by atoms with Crippen molar-refractivity contribution >= 4 is 11.3 Å². The number of aliphatic hydroxyl groups excluding tert-OH is 1. The summed E-state index contributed by atoms with van der Waals surface area (Å²) in [5, 5.41) is 10.2. The summed E-state index contributed by atoms with van der Waals surface area (Å²) in [5.74, 6) is 0.682. The van der Waals surface area contributed by atoms with Crippen molar-refractivity contribution in [1.29, 1.82) is 0 Å². The largest absolute Gasteiger partial charge is 0.389 e. The van der Waals surface area contributed by atoms with Crippen LogP contribution in [0.25, 0.3) is 0 Å². The molecule has 3 nitrogen and oxygen atoms in total. The predicted molar refractivity (Wildman–Crippen MR) is 90.9 cm³/mol. The number of nitrogens with zero attached hydrogens (tertiary/aromatic N) is 1. The predicted octanol–water partition coefficient (Wildman–Crippen LogP) is 3.69. The van der Waals surface area contributed by atoms with Gasteiger partial charge in [0, 0.05) is 22.8 Å². The van der Waals surface area contributed by atoms with Crippen LogP contribution in [0.1, 0.15) is 43.9 Å². The van der Waals surface area contributed by atoms with Crippen LogP contribution in [0.4, 0.5) is 0 Å². The lowest BCUT2D eigenvalue weighted by Crippen LogP contribution is -2.36. The first-order chi connectivity index (χ1) is 9.86. The molecular weight excluding hydrogens is 282 g/mol. The van der Waals surface area contributed by atoms with Crippen molar-refractivity contribution in [3.8, 4) is 0 Å². The second-order valence-electron chi connectivity index (χ2n) is 6.47. The quantitative estimate of drug-likeness (QED) is 0.715. The molecule has 0 saturated heterocycles. The van der Waals surface area contributed by atoms with Crippen LogP contribution in [0.15, 0.2) is 12.1 Å². The molecular formula is C17H31NO2S. The number of rotatable bonds is 10. The van der Waals surface area contributed by atoms with Crippen LogP contribution in [-0.2, 0) is 11.3 Å². The first-order valence-electron chi connectivity index (χ1n) is 7.94. The van der Waals surface area contributed by atoms with Crippen molar-refractivity contribution in [2.45, 2.75) is 59.8 Å². The van der Waals surface area contributed by atoms with Gasteiger partial charge < -0.3 is 9.84 Å². The van der Waals surface area contributed by atoms with E-state index in [-0.39, 0.29) is 6.10 Å². The minimum absolute atomic E-state index is 0.170. The molecule has 0 aromatic carbocycles. The molecule has 1 unspecified atom stereocenters. The minimum atomic E-state index is -0.416. The molecule has 0 aliphatic carbocycles. The van der Waals surface area contributed by atoms with Gasteiger partial charge in [0.05, 0.1) is 18.8 Å². The van der Waals surface area contributed by atoms with Gasteiger partial charge in [-0.3, -0.25) is 4.90 Å². The Bertz CT molecular complexity index is 390. The Morgan fingerprint density at radius 2 is 1.95 bits per heavy atom. The summed E-state index contributed by atoms with van der Waals surface area (Å²) < 4.78 is 5.51. The van der Waals surface area contributed by atoms with E-state index in [0.717, 1.165) is 19.5 Å². The lowest BCUT2D eigenvalue weighted by atomic mass is 10.1. The number of aliphatic hydroxyl groups is 1. The topological polar surface area (TPSA) is 32.7 Å². The van der Waals surface area contributed by atoms with Crippen LogP contribution >= 0.6 is 11.3 Å². The lowest BCUT2D eigenvalue weighted by Gasteiger charge is -2.25. The van der Waals surface area contributed by atoms with E-state index in [9.17, 15) is 5.11 Å². The molecule has 0 aliphatic rings. The molecule has 0 spiro atoms. The van der Waals surface area contributed by atoms with Gasteiger partial charge in [0.25, 0.3) is 0 Å². The summed E-state index contributed by atoms with van der Waals surface area (Å²) in [6, 6.07) is 4.36. The van der Waals surface area contributed by atoms with E-state index in [0.29, 0.717) is 19.1 Å². The fourth-order valence-electron chi connectivity index (χ4n) is 2.12. The van der Waals surface area contributed by atoms with Gasteiger partial charge in [-0.2, -0.15) is 0 Å². The van der Waals surface area contributed by atoms with E-state index in [1.807, 2.05) is 25.2 Å². The van der Waals surface area contributed by atoms with E-state index >= 15 is 0 Å². The van der Waals surface area contributed by atoms with Crippen molar-refractivity contribution < 1.29 is 9.84 Å². The Hall–Kier alpha value is -0.420. The number of hydrogen-bond donors (Lipinski definition) is 1. The first-order valence-corrected chi connectivity index (χ1v) is 8.75. The average molecular weight is 314 g/mol. The van der Waals surface area contributed by atoms with E-state index < -0.39 is 6.10 Å². The standard InChI is InChI=1S/C17H31NO2S/c1-13(2)8-9-18(10-16(19)12-20-14(3)4)11-17-7-6-15(5)21-17/h6-7,13-14,16,19H,8-12H2,1-5H3. The lowest BCUT2D eigenvalue weighted by molar-refractivity contribution is -0.00986. The Balaban J connectivity index is 2.50. The maximum Gasteiger partial charge on any atom is 0.0900 e. The Morgan fingerprint density at radius 1 is 1.24 bits per heavy atom. The fraction of sp³-hybridized carbons (Fsp3) is 0.765. The number of thiophene rings is 1. The molecule has 21 heavy (non-hydrogen) atoms. The van der Waals surface area contributed by atoms with Crippen LogP contribution in [-0.4, -0.2) is 41.9 Å². The number of hydrogen-bond acceptors (Lipinski definition) is 4. The van der Waals surface area contributed by atoms with Crippen LogP contribution < -0.4 is 0 Å². The minimum Gasteiger partial charge on any atom is -0.389 e. The molecule has 0 bridgehead atoms. The third kappa shape index (κ3) is 8.57. The van der Waals surface area contributed by atoms with Gasteiger partial charge in [-0.15, -0.1) is 11.3 Å². The van der Waals surface area contributed by atoms with Gasteiger partial charge in [-0.1, -0.05) is 13.8 Å². The Kier molecular flexibility index (Phi) is 8.49. The maximum atomic E-state index is 10.2. The molecule has 1 aromatic heterocycles. The molecule has 1 rings (SSSR count). The van der Waals surface area contributed by atoms with Crippen LogP contribution in [0, 0.1) is 12.8 Å². The molecule has 0 amide bonds. The van der Waals surface area contributed by atoms with Gasteiger partial charge >= 0.3 is 0 Å². The average Bonchev–Trinajstić information content (AvgIpc) is 2.79. The van der Waals surface area contributed by atoms with Gasteiger partial charge in [-0.25, -0.2) is 0 Å². The van der Waals surface area contributed by atoms with E-state index in [1.165, 1.54) is 9.75 Å². The first kappa shape index (κ1) is 18.6. The third-order valence-electron chi connectivity index (χ3n) is 3.29. The summed E-state index contributed by atoms with van der Waals surface area (Å²) in [4.78, 5) is 5.06. The molecule has 0 fully saturated rings. The molecule has 0 aliphatic heterocycles. The second-order valence-corrected chi connectivity index (χ2v) is 7.84. The number of aryl methyl sites for hydroxylation is 1. The van der Waals surface area contributed by atoms with Gasteiger partial charge in [-0.05, 0) is 51.8 Å².